The molecule has 1 amide bonds. The lowest BCUT2D eigenvalue weighted by molar-refractivity contribution is -0.274. The van der Waals surface area contributed by atoms with Crippen molar-refractivity contribution in [2.45, 2.75) is 25.1 Å². The van der Waals surface area contributed by atoms with Crippen LogP contribution in [0.5, 0.6) is 0 Å². The van der Waals surface area contributed by atoms with E-state index >= 15 is 0 Å². The summed E-state index contributed by atoms with van der Waals surface area (Å²) in [6, 6.07) is 1.46. The summed E-state index contributed by atoms with van der Waals surface area (Å²) in [5.74, 6) is -7.60. The predicted molar refractivity (Wildman–Crippen MR) is 54.2 cm³/mol. The molecule has 9 heteroatoms. The van der Waals surface area contributed by atoms with E-state index in [1.807, 2.05) is 6.07 Å². The molecular weight excluding hydrogens is 273 g/mol. The molecule has 1 aliphatic rings. The monoisotopic (exact) mass is 285 g/mol. The quantitative estimate of drug-likeness (QED) is 0.717. The smallest absolute Gasteiger partial charge is 0.335 e. The van der Waals surface area contributed by atoms with Crippen molar-refractivity contribution in [1.29, 1.82) is 5.26 Å². The number of piperazine rings is 1. The van der Waals surface area contributed by atoms with Gasteiger partial charge < -0.3 is 4.90 Å². The van der Waals surface area contributed by atoms with Gasteiger partial charge in [0, 0.05) is 26.2 Å². The summed E-state index contributed by atoms with van der Waals surface area (Å²) in [4.78, 5) is 13.3. The van der Waals surface area contributed by atoms with Crippen LogP contribution in [0, 0.1) is 11.3 Å². The molecular formula is C10H12F5N3O. The molecule has 0 aliphatic carbocycles. The van der Waals surface area contributed by atoms with Gasteiger partial charge in [-0.25, -0.2) is 0 Å². The molecule has 4 nitrogen and oxygen atoms in total. The molecule has 0 spiro atoms. The molecule has 0 radical (unpaired) electrons. The van der Waals surface area contributed by atoms with Crippen LogP contribution >= 0.6 is 0 Å². The third-order valence-corrected chi connectivity index (χ3v) is 2.96. The van der Waals surface area contributed by atoms with Crippen molar-refractivity contribution in [1.82, 2.24) is 9.80 Å². The van der Waals surface area contributed by atoms with Gasteiger partial charge in [-0.3, -0.25) is 9.69 Å². The Labute approximate surface area is 106 Å². The van der Waals surface area contributed by atoms with Gasteiger partial charge in [0.2, 0.25) is 0 Å². The largest absolute Gasteiger partial charge is 0.463 e. The SMILES string of the molecule is CC(C#N)N1CCN(C(=O)C(F)(F)C(F)(F)F)CC1. The Balaban J connectivity index is 2.67. The zero-order valence-corrected chi connectivity index (χ0v) is 10.0. The van der Waals surface area contributed by atoms with Crippen LogP contribution in [0.2, 0.25) is 0 Å². The Kier molecular flexibility index (Phi) is 4.35. The van der Waals surface area contributed by atoms with Crippen molar-refractivity contribution < 1.29 is 26.7 Å². The summed E-state index contributed by atoms with van der Waals surface area (Å²) < 4.78 is 61.8. The van der Waals surface area contributed by atoms with Crippen LogP contribution in [0.1, 0.15) is 6.92 Å². The predicted octanol–water partition coefficient (Wildman–Crippen LogP) is 1.24. The summed E-state index contributed by atoms with van der Waals surface area (Å²) >= 11 is 0. The number of amides is 1. The molecule has 0 N–H and O–H groups in total. The molecule has 1 saturated heterocycles. The van der Waals surface area contributed by atoms with E-state index in [2.05, 4.69) is 0 Å². The van der Waals surface area contributed by atoms with E-state index < -0.39 is 24.0 Å². The molecule has 0 aromatic rings. The normalized spacial score (nSPS) is 19.9. The Morgan fingerprint density at radius 3 is 2.00 bits per heavy atom. The third-order valence-electron chi connectivity index (χ3n) is 2.96. The van der Waals surface area contributed by atoms with Crippen LogP contribution in [-0.4, -0.2) is 60.0 Å². The molecule has 0 saturated carbocycles. The van der Waals surface area contributed by atoms with Crippen LogP contribution in [-0.2, 0) is 4.79 Å². The van der Waals surface area contributed by atoms with Crippen molar-refractivity contribution in [2.75, 3.05) is 26.2 Å². The topological polar surface area (TPSA) is 47.3 Å². The number of rotatable bonds is 2. The van der Waals surface area contributed by atoms with Gasteiger partial charge in [0.05, 0.1) is 12.1 Å². The maximum atomic E-state index is 12.8. The van der Waals surface area contributed by atoms with E-state index in [9.17, 15) is 26.7 Å². The summed E-state index contributed by atoms with van der Waals surface area (Å²) in [6.07, 6.45) is -5.89. The number of hydrogen-bond donors (Lipinski definition) is 0. The zero-order chi connectivity index (χ0) is 14.8. The first-order valence-electron chi connectivity index (χ1n) is 5.49. The molecule has 1 aliphatic heterocycles. The highest BCUT2D eigenvalue weighted by Crippen LogP contribution is 2.37. The van der Waals surface area contributed by atoms with Gasteiger partial charge in [-0.2, -0.15) is 27.2 Å². The molecule has 0 bridgehead atoms. The fourth-order valence-corrected chi connectivity index (χ4v) is 1.71. The Morgan fingerprint density at radius 2 is 1.63 bits per heavy atom. The van der Waals surface area contributed by atoms with Crippen LogP contribution in [0.15, 0.2) is 0 Å². The van der Waals surface area contributed by atoms with Gasteiger partial charge in [-0.15, -0.1) is 0 Å². The van der Waals surface area contributed by atoms with Crippen molar-refractivity contribution in [3.05, 3.63) is 0 Å². The molecule has 19 heavy (non-hydrogen) atoms. The molecule has 0 aromatic carbocycles. The summed E-state index contributed by atoms with van der Waals surface area (Å²) in [7, 11) is 0. The molecule has 1 heterocycles. The average molecular weight is 285 g/mol. The maximum Gasteiger partial charge on any atom is 0.463 e. The van der Waals surface area contributed by atoms with Gasteiger partial charge in [-0.1, -0.05) is 0 Å². The molecule has 108 valence electrons. The van der Waals surface area contributed by atoms with Crippen molar-refractivity contribution in [3.63, 3.8) is 0 Å². The average Bonchev–Trinajstić information content (AvgIpc) is 2.35. The van der Waals surface area contributed by atoms with Gasteiger partial charge in [0.25, 0.3) is 0 Å². The molecule has 1 fully saturated rings. The van der Waals surface area contributed by atoms with E-state index in [1.54, 1.807) is 11.8 Å². The van der Waals surface area contributed by atoms with E-state index in [-0.39, 0.29) is 26.2 Å². The first-order valence-corrected chi connectivity index (χ1v) is 5.49. The number of hydrogen-bond acceptors (Lipinski definition) is 3. The lowest BCUT2D eigenvalue weighted by atomic mass is 10.2. The minimum Gasteiger partial charge on any atom is -0.335 e. The van der Waals surface area contributed by atoms with E-state index in [0.717, 1.165) is 0 Å². The van der Waals surface area contributed by atoms with Gasteiger partial charge in [0.15, 0.2) is 0 Å². The number of halogens is 5. The fraction of sp³-hybridized carbons (Fsp3) is 0.800. The Hall–Kier alpha value is -1.43. The highest BCUT2D eigenvalue weighted by molar-refractivity contribution is 5.84. The standard InChI is InChI=1S/C10H12F5N3O/c1-7(6-16)17-2-4-18(5-3-17)8(19)9(11,12)10(13,14)15/h7H,2-5H2,1H3. The fourth-order valence-electron chi connectivity index (χ4n) is 1.71. The van der Waals surface area contributed by atoms with E-state index in [4.69, 9.17) is 5.26 Å². The third kappa shape index (κ3) is 3.12. The molecule has 1 rings (SSSR count). The highest BCUT2D eigenvalue weighted by Gasteiger charge is 2.64. The van der Waals surface area contributed by atoms with Crippen LogP contribution in [0.25, 0.3) is 0 Å². The summed E-state index contributed by atoms with van der Waals surface area (Å²) in [5.41, 5.74) is 0. The Bertz CT molecular complexity index is 382. The van der Waals surface area contributed by atoms with Crippen LogP contribution < -0.4 is 0 Å². The second kappa shape index (κ2) is 5.28. The molecule has 1 unspecified atom stereocenters. The van der Waals surface area contributed by atoms with Crippen LogP contribution in [0.4, 0.5) is 22.0 Å². The Morgan fingerprint density at radius 1 is 1.16 bits per heavy atom. The van der Waals surface area contributed by atoms with E-state index in [0.29, 0.717) is 4.90 Å². The number of carbonyl (C=O) groups excluding carboxylic acids is 1. The number of alkyl halides is 5. The first-order chi connectivity index (χ1) is 8.61. The highest BCUT2D eigenvalue weighted by atomic mass is 19.4. The number of nitriles is 1. The summed E-state index contributed by atoms with van der Waals surface area (Å²) in [6.45, 7) is 1.26. The van der Waals surface area contributed by atoms with Gasteiger partial charge in [-0.05, 0) is 6.92 Å². The van der Waals surface area contributed by atoms with Gasteiger partial charge >= 0.3 is 18.0 Å². The summed E-state index contributed by atoms with van der Waals surface area (Å²) in [5, 5.41) is 8.66. The molecule has 1 atom stereocenters. The number of nitrogens with zero attached hydrogens (tertiary/aromatic N) is 3. The maximum absolute atomic E-state index is 12.8. The second-order valence-electron chi connectivity index (χ2n) is 4.21. The van der Waals surface area contributed by atoms with Gasteiger partial charge in [0.1, 0.15) is 0 Å². The van der Waals surface area contributed by atoms with Crippen molar-refractivity contribution >= 4 is 5.91 Å². The minimum atomic E-state index is -5.89. The van der Waals surface area contributed by atoms with Crippen molar-refractivity contribution in [3.8, 4) is 6.07 Å². The zero-order valence-electron chi connectivity index (χ0n) is 10.0. The first kappa shape index (κ1) is 15.6. The minimum absolute atomic E-state index is 0.0917. The van der Waals surface area contributed by atoms with Crippen LogP contribution in [0.3, 0.4) is 0 Å². The lowest BCUT2D eigenvalue weighted by Gasteiger charge is -2.37. The lowest BCUT2D eigenvalue weighted by Crippen LogP contribution is -2.58. The molecule has 0 aromatic heterocycles. The second-order valence-corrected chi connectivity index (χ2v) is 4.21. The van der Waals surface area contributed by atoms with Crippen molar-refractivity contribution in [2.24, 2.45) is 0 Å². The number of carbonyl (C=O) groups is 1. The van der Waals surface area contributed by atoms with E-state index in [1.165, 1.54) is 0 Å².